The van der Waals surface area contributed by atoms with Gasteiger partial charge in [0.25, 0.3) is 5.91 Å². The largest absolute Gasteiger partial charge is 0.497 e. The van der Waals surface area contributed by atoms with Gasteiger partial charge in [-0.1, -0.05) is 12.1 Å². The lowest BCUT2D eigenvalue weighted by molar-refractivity contribution is 0.0950. The molecule has 0 fully saturated rings. The summed E-state index contributed by atoms with van der Waals surface area (Å²) in [5.41, 5.74) is 4.07. The van der Waals surface area contributed by atoms with Gasteiger partial charge in [-0.2, -0.15) is 10.2 Å². The first-order valence-corrected chi connectivity index (χ1v) is 6.83. The number of amides is 1. The standard InChI is InChI=1S/C16H14N4O3/c1-22-12-5-2-4-11(8-12)10-17-20-16(21)14-9-13(18-19-14)15-6-3-7-23-15/h2-10H,1H3,(H,18,19)(H,20,21)/b17-10+. The van der Waals surface area contributed by atoms with Crippen molar-refractivity contribution < 1.29 is 13.9 Å². The van der Waals surface area contributed by atoms with Crippen LogP contribution in [-0.4, -0.2) is 29.4 Å². The van der Waals surface area contributed by atoms with Crippen molar-refractivity contribution in [1.82, 2.24) is 15.6 Å². The van der Waals surface area contributed by atoms with E-state index in [0.29, 0.717) is 11.5 Å². The number of aromatic amines is 1. The first-order valence-electron chi connectivity index (χ1n) is 6.83. The maximum atomic E-state index is 12.0. The van der Waals surface area contributed by atoms with Crippen molar-refractivity contribution in [3.63, 3.8) is 0 Å². The zero-order chi connectivity index (χ0) is 16.1. The van der Waals surface area contributed by atoms with E-state index in [4.69, 9.17) is 9.15 Å². The van der Waals surface area contributed by atoms with Crippen LogP contribution in [0.1, 0.15) is 16.1 Å². The number of hydrogen-bond donors (Lipinski definition) is 2. The normalized spacial score (nSPS) is 10.8. The van der Waals surface area contributed by atoms with Gasteiger partial charge in [-0.05, 0) is 29.8 Å². The highest BCUT2D eigenvalue weighted by molar-refractivity contribution is 5.94. The van der Waals surface area contributed by atoms with Crippen LogP contribution in [0.5, 0.6) is 5.75 Å². The third-order valence-electron chi connectivity index (χ3n) is 3.07. The molecule has 0 aliphatic rings. The lowest BCUT2D eigenvalue weighted by atomic mass is 10.2. The number of carbonyl (C=O) groups is 1. The van der Waals surface area contributed by atoms with E-state index in [0.717, 1.165) is 11.3 Å². The summed E-state index contributed by atoms with van der Waals surface area (Å²) in [5.74, 6) is 0.908. The van der Waals surface area contributed by atoms with Gasteiger partial charge in [-0.15, -0.1) is 0 Å². The molecule has 1 amide bonds. The quantitative estimate of drug-likeness (QED) is 0.559. The Labute approximate surface area is 132 Å². The Balaban J connectivity index is 1.64. The van der Waals surface area contributed by atoms with Crippen LogP contribution in [0.2, 0.25) is 0 Å². The van der Waals surface area contributed by atoms with Crippen LogP contribution >= 0.6 is 0 Å². The lowest BCUT2D eigenvalue weighted by Crippen LogP contribution is -2.18. The first-order chi connectivity index (χ1) is 11.3. The predicted molar refractivity (Wildman–Crippen MR) is 84.3 cm³/mol. The zero-order valence-electron chi connectivity index (χ0n) is 12.3. The van der Waals surface area contributed by atoms with E-state index in [1.807, 2.05) is 18.2 Å². The van der Waals surface area contributed by atoms with Crippen molar-refractivity contribution in [1.29, 1.82) is 0 Å². The fraction of sp³-hybridized carbons (Fsp3) is 0.0625. The molecule has 0 saturated heterocycles. The summed E-state index contributed by atoms with van der Waals surface area (Å²) in [5, 5.41) is 10.6. The predicted octanol–water partition coefficient (Wildman–Crippen LogP) is 2.44. The number of furan rings is 1. The summed E-state index contributed by atoms with van der Waals surface area (Å²) < 4.78 is 10.3. The van der Waals surface area contributed by atoms with Gasteiger partial charge >= 0.3 is 0 Å². The molecule has 23 heavy (non-hydrogen) atoms. The Morgan fingerprint density at radius 3 is 3.04 bits per heavy atom. The molecule has 1 aromatic carbocycles. The number of methoxy groups -OCH3 is 1. The molecule has 7 heteroatoms. The highest BCUT2D eigenvalue weighted by Crippen LogP contribution is 2.17. The molecular formula is C16H14N4O3. The van der Waals surface area contributed by atoms with Crippen molar-refractivity contribution in [2.75, 3.05) is 7.11 Å². The summed E-state index contributed by atoms with van der Waals surface area (Å²) in [6.07, 6.45) is 3.08. The number of H-pyrrole nitrogens is 1. The Morgan fingerprint density at radius 2 is 2.26 bits per heavy atom. The highest BCUT2D eigenvalue weighted by Gasteiger charge is 2.11. The second-order valence-corrected chi connectivity index (χ2v) is 4.62. The van der Waals surface area contributed by atoms with E-state index in [1.54, 1.807) is 37.6 Å². The van der Waals surface area contributed by atoms with Crippen LogP contribution in [0.4, 0.5) is 0 Å². The molecule has 0 radical (unpaired) electrons. The number of hydrogen-bond acceptors (Lipinski definition) is 5. The van der Waals surface area contributed by atoms with Crippen LogP contribution in [0.25, 0.3) is 11.5 Å². The summed E-state index contributed by atoms with van der Waals surface area (Å²) in [6, 6.07) is 12.4. The van der Waals surface area contributed by atoms with Gasteiger partial charge in [0, 0.05) is 6.07 Å². The maximum absolute atomic E-state index is 12.0. The minimum atomic E-state index is -0.418. The van der Waals surface area contributed by atoms with Crippen molar-refractivity contribution in [2.45, 2.75) is 0 Å². The molecule has 7 nitrogen and oxygen atoms in total. The van der Waals surface area contributed by atoms with Crippen molar-refractivity contribution in [2.24, 2.45) is 5.10 Å². The van der Waals surface area contributed by atoms with Gasteiger partial charge in [0.2, 0.25) is 0 Å². The Hall–Kier alpha value is -3.35. The summed E-state index contributed by atoms with van der Waals surface area (Å²) in [7, 11) is 1.59. The summed E-state index contributed by atoms with van der Waals surface area (Å²) in [4.78, 5) is 12.0. The average Bonchev–Trinajstić information content (AvgIpc) is 3.26. The van der Waals surface area contributed by atoms with Crippen LogP contribution in [-0.2, 0) is 0 Å². The molecule has 0 atom stereocenters. The smallest absolute Gasteiger partial charge is 0.291 e. The average molecular weight is 310 g/mol. The number of carbonyl (C=O) groups excluding carboxylic acids is 1. The molecule has 3 rings (SSSR count). The molecule has 0 saturated carbocycles. The molecule has 0 aliphatic carbocycles. The van der Waals surface area contributed by atoms with Gasteiger partial charge in [-0.25, -0.2) is 5.43 Å². The van der Waals surface area contributed by atoms with Crippen LogP contribution in [0.15, 0.2) is 58.2 Å². The van der Waals surface area contributed by atoms with E-state index >= 15 is 0 Å². The number of rotatable bonds is 5. The third-order valence-corrected chi connectivity index (χ3v) is 3.07. The molecule has 0 spiro atoms. The van der Waals surface area contributed by atoms with E-state index in [9.17, 15) is 4.79 Å². The van der Waals surface area contributed by atoms with Gasteiger partial charge in [0.1, 0.15) is 11.4 Å². The number of aromatic nitrogens is 2. The van der Waals surface area contributed by atoms with E-state index in [1.165, 1.54) is 6.21 Å². The van der Waals surface area contributed by atoms with Crippen molar-refractivity contribution >= 4 is 12.1 Å². The fourth-order valence-corrected chi connectivity index (χ4v) is 1.94. The molecule has 0 bridgehead atoms. The fourth-order valence-electron chi connectivity index (χ4n) is 1.94. The van der Waals surface area contributed by atoms with Gasteiger partial charge in [-0.3, -0.25) is 9.89 Å². The molecular weight excluding hydrogens is 296 g/mol. The highest BCUT2D eigenvalue weighted by atomic mass is 16.5. The summed E-state index contributed by atoms with van der Waals surface area (Å²) >= 11 is 0. The van der Waals surface area contributed by atoms with Crippen LogP contribution in [0.3, 0.4) is 0 Å². The molecule has 2 aromatic heterocycles. The van der Waals surface area contributed by atoms with Crippen LogP contribution in [0, 0.1) is 0 Å². The number of nitrogens with one attached hydrogen (secondary N) is 2. The third kappa shape index (κ3) is 3.46. The SMILES string of the molecule is COc1cccc(/C=N/NC(=O)c2cc(-c3ccco3)[nH]n2)c1. The number of ether oxygens (including phenoxy) is 1. The number of benzene rings is 1. The van der Waals surface area contributed by atoms with E-state index in [2.05, 4.69) is 20.7 Å². The molecule has 0 unspecified atom stereocenters. The second kappa shape index (κ2) is 6.61. The van der Waals surface area contributed by atoms with Crippen LogP contribution < -0.4 is 10.2 Å². The zero-order valence-corrected chi connectivity index (χ0v) is 12.3. The molecule has 116 valence electrons. The first kappa shape index (κ1) is 14.6. The van der Waals surface area contributed by atoms with Crippen molar-refractivity contribution in [3.05, 3.63) is 60.0 Å². The topological polar surface area (TPSA) is 92.5 Å². The number of hydrazone groups is 1. The second-order valence-electron chi connectivity index (χ2n) is 4.62. The van der Waals surface area contributed by atoms with Crippen molar-refractivity contribution in [3.8, 4) is 17.2 Å². The molecule has 2 N–H and O–H groups in total. The Bertz CT molecular complexity index is 821. The minimum absolute atomic E-state index is 0.221. The minimum Gasteiger partial charge on any atom is -0.497 e. The van der Waals surface area contributed by atoms with Gasteiger partial charge in [0.05, 0.1) is 19.6 Å². The molecule has 0 aliphatic heterocycles. The number of nitrogens with zero attached hydrogens (tertiary/aromatic N) is 2. The molecule has 3 aromatic rings. The maximum Gasteiger partial charge on any atom is 0.291 e. The Kier molecular flexibility index (Phi) is 4.19. The molecule has 2 heterocycles. The lowest BCUT2D eigenvalue weighted by Gasteiger charge is -1.99. The van der Waals surface area contributed by atoms with Gasteiger partial charge < -0.3 is 9.15 Å². The van der Waals surface area contributed by atoms with E-state index < -0.39 is 5.91 Å². The monoisotopic (exact) mass is 310 g/mol. The Morgan fingerprint density at radius 1 is 1.35 bits per heavy atom. The van der Waals surface area contributed by atoms with Gasteiger partial charge in [0.15, 0.2) is 11.5 Å². The summed E-state index contributed by atoms with van der Waals surface area (Å²) in [6.45, 7) is 0. The van der Waals surface area contributed by atoms with E-state index in [-0.39, 0.29) is 5.69 Å².